The maximum atomic E-state index is 5.17. The van der Waals surface area contributed by atoms with Crippen LogP contribution in [0.3, 0.4) is 0 Å². The van der Waals surface area contributed by atoms with E-state index in [2.05, 4.69) is 149 Å². The van der Waals surface area contributed by atoms with Crippen molar-refractivity contribution in [1.82, 2.24) is 24.1 Å². The Labute approximate surface area is 298 Å². The lowest BCUT2D eigenvalue weighted by atomic mass is 10.1. The average molecular weight is 664 g/mol. The van der Waals surface area contributed by atoms with Crippen LogP contribution in [0.5, 0.6) is 0 Å². The monoisotopic (exact) mass is 663 g/mol. The molecule has 3 aromatic heterocycles. The highest BCUT2D eigenvalue weighted by atomic mass is 15.2. The van der Waals surface area contributed by atoms with Gasteiger partial charge in [0.15, 0.2) is 11.6 Å². The molecule has 0 aliphatic heterocycles. The molecule has 52 heavy (non-hydrogen) atoms. The third kappa shape index (κ3) is 4.39. The van der Waals surface area contributed by atoms with Crippen LogP contribution in [0.25, 0.3) is 99.6 Å². The summed E-state index contributed by atoms with van der Waals surface area (Å²) in [4.78, 5) is 15.3. The van der Waals surface area contributed by atoms with E-state index in [0.29, 0.717) is 17.6 Å². The van der Waals surface area contributed by atoms with E-state index >= 15 is 0 Å². The smallest absolute Gasteiger partial charge is 0.238 e. The second kappa shape index (κ2) is 11.2. The lowest BCUT2D eigenvalue weighted by Crippen LogP contribution is -2.06. The average Bonchev–Trinajstić information content (AvgIpc) is 3.70. The van der Waals surface area contributed by atoms with Crippen molar-refractivity contribution >= 4 is 65.2 Å². The molecule has 0 amide bonds. The first-order chi connectivity index (χ1) is 25.8. The number of fused-ring (bicyclic) bond motifs is 8. The van der Waals surface area contributed by atoms with Crippen LogP contribution < -0.4 is 0 Å². The van der Waals surface area contributed by atoms with Crippen LogP contribution in [0, 0.1) is 0 Å². The molecule has 8 aromatic carbocycles. The minimum absolute atomic E-state index is 0.582. The van der Waals surface area contributed by atoms with Gasteiger partial charge in [-0.2, -0.15) is 9.97 Å². The largest absolute Gasteiger partial charge is 0.309 e. The molecule has 0 radical (unpaired) electrons. The fourth-order valence-electron chi connectivity index (χ4n) is 7.88. The van der Waals surface area contributed by atoms with Gasteiger partial charge in [0.05, 0.1) is 22.1 Å². The van der Waals surface area contributed by atoms with E-state index in [9.17, 15) is 0 Å². The molecule has 0 unspecified atom stereocenters. The van der Waals surface area contributed by atoms with Gasteiger partial charge in [0.2, 0.25) is 5.95 Å². The number of nitrogens with zero attached hydrogens (tertiary/aromatic N) is 5. The van der Waals surface area contributed by atoms with Crippen molar-refractivity contribution in [3.8, 4) is 34.4 Å². The zero-order valence-electron chi connectivity index (χ0n) is 28.0. The van der Waals surface area contributed by atoms with E-state index in [1.165, 1.54) is 38.0 Å². The number of para-hydroxylation sites is 1. The van der Waals surface area contributed by atoms with Gasteiger partial charge in [0.25, 0.3) is 0 Å². The van der Waals surface area contributed by atoms with Crippen LogP contribution >= 0.6 is 0 Å². The minimum atomic E-state index is 0.582. The molecule has 0 N–H and O–H groups in total. The Morgan fingerprint density at radius 3 is 1.38 bits per heavy atom. The summed E-state index contributed by atoms with van der Waals surface area (Å²) in [5, 5.41) is 9.57. The maximum absolute atomic E-state index is 5.17. The Bertz CT molecular complexity index is 3120. The van der Waals surface area contributed by atoms with Gasteiger partial charge in [-0.3, -0.25) is 4.57 Å². The quantitative estimate of drug-likeness (QED) is 0.188. The minimum Gasteiger partial charge on any atom is -0.309 e. The number of hydrogen-bond acceptors (Lipinski definition) is 3. The van der Waals surface area contributed by atoms with Crippen molar-refractivity contribution in [2.24, 2.45) is 0 Å². The third-order valence-corrected chi connectivity index (χ3v) is 10.3. The normalized spacial score (nSPS) is 11.8. The van der Waals surface area contributed by atoms with Crippen LogP contribution in [0.4, 0.5) is 0 Å². The van der Waals surface area contributed by atoms with Crippen molar-refractivity contribution in [3.63, 3.8) is 0 Å². The number of benzene rings is 8. The van der Waals surface area contributed by atoms with Gasteiger partial charge in [-0.25, -0.2) is 4.98 Å². The van der Waals surface area contributed by atoms with E-state index in [1.807, 2.05) is 36.4 Å². The van der Waals surface area contributed by atoms with E-state index < -0.39 is 0 Å². The van der Waals surface area contributed by atoms with Crippen LogP contribution in [0.1, 0.15) is 0 Å². The molecule has 242 valence electrons. The van der Waals surface area contributed by atoms with Crippen molar-refractivity contribution in [1.29, 1.82) is 0 Å². The summed E-state index contributed by atoms with van der Waals surface area (Å²) < 4.78 is 4.62. The molecular weight excluding hydrogens is 635 g/mol. The van der Waals surface area contributed by atoms with Crippen molar-refractivity contribution in [2.45, 2.75) is 0 Å². The van der Waals surface area contributed by atoms with Gasteiger partial charge < -0.3 is 4.57 Å². The summed E-state index contributed by atoms with van der Waals surface area (Å²) in [5.74, 6) is 1.85. The molecule has 0 aliphatic rings. The summed E-state index contributed by atoms with van der Waals surface area (Å²) in [7, 11) is 0. The Kier molecular flexibility index (Phi) is 6.18. The van der Waals surface area contributed by atoms with Gasteiger partial charge in [0.1, 0.15) is 0 Å². The van der Waals surface area contributed by atoms with Crippen molar-refractivity contribution in [2.75, 3.05) is 0 Å². The predicted molar refractivity (Wildman–Crippen MR) is 214 cm³/mol. The molecule has 0 saturated heterocycles. The summed E-state index contributed by atoms with van der Waals surface area (Å²) >= 11 is 0. The summed E-state index contributed by atoms with van der Waals surface area (Å²) in [6.07, 6.45) is 0. The molecule has 3 heterocycles. The third-order valence-electron chi connectivity index (χ3n) is 10.3. The highest BCUT2D eigenvalue weighted by Crippen LogP contribution is 2.39. The first kappa shape index (κ1) is 28.7. The zero-order valence-corrected chi connectivity index (χ0v) is 28.0. The van der Waals surface area contributed by atoms with Crippen LogP contribution in [0.15, 0.2) is 176 Å². The van der Waals surface area contributed by atoms with Gasteiger partial charge in [-0.05, 0) is 70.1 Å². The highest BCUT2D eigenvalue weighted by Gasteiger charge is 2.20. The number of rotatable bonds is 4. The number of aromatic nitrogens is 5. The second-order valence-electron chi connectivity index (χ2n) is 13.3. The standard InChI is InChI=1S/C47H29N5/c1-3-13-30(14-4-1)45-48-46(31-15-5-2-6-16-31)50-47(49-45)52-42-24-23-36(29-40(42)39-26-33-18-8-10-20-35(33)28-44(39)52)51-41-22-12-11-21-37(41)38-25-32-17-7-9-19-34(32)27-43(38)51/h1-29H. The fraction of sp³-hybridized carbons (Fsp3) is 0. The highest BCUT2D eigenvalue weighted by molar-refractivity contribution is 6.16. The van der Waals surface area contributed by atoms with Gasteiger partial charge in [-0.15, -0.1) is 0 Å². The Hall–Kier alpha value is -7.11. The first-order valence-electron chi connectivity index (χ1n) is 17.5. The summed E-state index contributed by atoms with van der Waals surface area (Å²) in [6.45, 7) is 0. The van der Waals surface area contributed by atoms with Gasteiger partial charge in [0, 0.05) is 38.4 Å². The van der Waals surface area contributed by atoms with E-state index in [1.54, 1.807) is 0 Å². The molecule has 11 aromatic rings. The van der Waals surface area contributed by atoms with Crippen molar-refractivity contribution in [3.05, 3.63) is 176 Å². The lowest BCUT2D eigenvalue weighted by molar-refractivity contribution is 0.953. The SMILES string of the molecule is c1ccc(-c2nc(-c3ccccc3)nc(-n3c4ccc(-n5c6ccccc6c6cc7ccccc7cc65)cc4c4cc5ccccc5cc43)n2)cc1. The summed E-state index contributed by atoms with van der Waals surface area (Å²) in [5.41, 5.74) is 7.43. The van der Waals surface area contributed by atoms with Gasteiger partial charge >= 0.3 is 0 Å². The molecular formula is C47H29N5. The lowest BCUT2D eigenvalue weighted by Gasteiger charge is -2.12. The topological polar surface area (TPSA) is 48.5 Å². The zero-order chi connectivity index (χ0) is 34.2. The Morgan fingerprint density at radius 2 is 0.769 bits per heavy atom. The predicted octanol–water partition coefficient (Wildman–Crippen LogP) is 11.7. The van der Waals surface area contributed by atoms with Crippen LogP contribution in [0.2, 0.25) is 0 Å². The van der Waals surface area contributed by atoms with E-state index in [4.69, 9.17) is 15.0 Å². The molecule has 0 atom stereocenters. The van der Waals surface area contributed by atoms with Gasteiger partial charge in [-0.1, -0.05) is 127 Å². The molecule has 5 heteroatoms. The molecule has 5 nitrogen and oxygen atoms in total. The Morgan fingerprint density at radius 1 is 0.308 bits per heavy atom. The first-order valence-corrected chi connectivity index (χ1v) is 17.5. The molecule has 0 spiro atoms. The molecule has 11 rings (SSSR count). The van der Waals surface area contributed by atoms with Crippen LogP contribution in [-0.4, -0.2) is 24.1 Å². The maximum Gasteiger partial charge on any atom is 0.238 e. The van der Waals surface area contributed by atoms with E-state index in [-0.39, 0.29) is 0 Å². The molecule has 0 saturated carbocycles. The van der Waals surface area contributed by atoms with E-state index in [0.717, 1.165) is 44.0 Å². The van der Waals surface area contributed by atoms with Crippen LogP contribution in [-0.2, 0) is 0 Å². The molecule has 0 aliphatic carbocycles. The summed E-state index contributed by atoms with van der Waals surface area (Å²) in [6, 6.07) is 62.2. The van der Waals surface area contributed by atoms with Crippen molar-refractivity contribution < 1.29 is 0 Å². The second-order valence-corrected chi connectivity index (χ2v) is 13.3. The Balaban J connectivity index is 1.23. The molecule has 0 bridgehead atoms. The molecule has 0 fully saturated rings. The fourth-order valence-corrected chi connectivity index (χ4v) is 7.88. The number of hydrogen-bond donors (Lipinski definition) is 0.